The van der Waals surface area contributed by atoms with Crippen LogP contribution >= 0.6 is 23.1 Å². The van der Waals surface area contributed by atoms with Crippen LogP contribution in [0.5, 0.6) is 0 Å². The molecular weight excluding hydrogens is 368 g/mol. The molecule has 0 fully saturated rings. The van der Waals surface area contributed by atoms with Crippen LogP contribution in [-0.2, 0) is 4.79 Å². The number of aryl methyl sites for hydroxylation is 2. The fourth-order valence-electron chi connectivity index (χ4n) is 2.49. The Morgan fingerprint density at radius 2 is 2.00 bits per heavy atom. The van der Waals surface area contributed by atoms with Gasteiger partial charge in [0.1, 0.15) is 4.88 Å². The highest BCUT2D eigenvalue weighted by Crippen LogP contribution is 2.30. The standard InChI is InChI=1S/C18H20N4O2S2/c1-11-16(26-13(3)19-11)17-20-21-18(24-17)25-10-15(23)22(4)12(2)14-8-6-5-7-9-14/h5-9,12H,10H2,1-4H3. The van der Waals surface area contributed by atoms with Gasteiger partial charge in [-0.15, -0.1) is 21.5 Å². The average Bonchev–Trinajstić information content (AvgIpc) is 3.24. The van der Waals surface area contributed by atoms with Crippen LogP contribution in [0.4, 0.5) is 0 Å². The predicted molar refractivity (Wildman–Crippen MR) is 103 cm³/mol. The van der Waals surface area contributed by atoms with E-state index in [0.717, 1.165) is 21.1 Å². The van der Waals surface area contributed by atoms with Crippen molar-refractivity contribution in [3.8, 4) is 10.8 Å². The minimum Gasteiger partial charge on any atom is -0.410 e. The van der Waals surface area contributed by atoms with E-state index in [-0.39, 0.29) is 17.7 Å². The molecule has 2 aromatic heterocycles. The Hall–Kier alpha value is -2.19. The summed E-state index contributed by atoms with van der Waals surface area (Å²) in [6.45, 7) is 5.87. The lowest BCUT2D eigenvalue weighted by Crippen LogP contribution is -2.31. The van der Waals surface area contributed by atoms with Crippen molar-refractivity contribution in [2.24, 2.45) is 0 Å². The molecule has 1 unspecified atom stereocenters. The second kappa shape index (κ2) is 8.01. The molecule has 0 bridgehead atoms. The molecule has 136 valence electrons. The molecule has 26 heavy (non-hydrogen) atoms. The summed E-state index contributed by atoms with van der Waals surface area (Å²) in [5, 5.41) is 9.45. The molecule has 1 amide bonds. The number of carbonyl (C=O) groups excluding carboxylic acids is 1. The molecule has 0 saturated heterocycles. The number of aromatic nitrogens is 3. The van der Waals surface area contributed by atoms with Gasteiger partial charge in [0, 0.05) is 7.05 Å². The van der Waals surface area contributed by atoms with Crippen LogP contribution in [0.25, 0.3) is 10.8 Å². The van der Waals surface area contributed by atoms with Gasteiger partial charge < -0.3 is 9.32 Å². The molecule has 0 aliphatic heterocycles. The van der Waals surface area contributed by atoms with Crippen molar-refractivity contribution in [1.82, 2.24) is 20.1 Å². The largest absolute Gasteiger partial charge is 0.410 e. The molecular formula is C18H20N4O2S2. The van der Waals surface area contributed by atoms with Gasteiger partial charge in [0.25, 0.3) is 11.1 Å². The molecule has 2 heterocycles. The highest BCUT2D eigenvalue weighted by atomic mass is 32.2. The minimum atomic E-state index is 0.00497. The fourth-order valence-corrected chi connectivity index (χ4v) is 4.01. The first-order chi connectivity index (χ1) is 12.5. The highest BCUT2D eigenvalue weighted by Gasteiger charge is 2.20. The topological polar surface area (TPSA) is 72.1 Å². The van der Waals surface area contributed by atoms with Crippen LogP contribution in [0.1, 0.15) is 29.2 Å². The van der Waals surface area contributed by atoms with E-state index < -0.39 is 0 Å². The maximum atomic E-state index is 12.5. The quantitative estimate of drug-likeness (QED) is 0.592. The number of hydrogen-bond donors (Lipinski definition) is 0. The molecule has 0 spiro atoms. The van der Waals surface area contributed by atoms with E-state index in [9.17, 15) is 4.79 Å². The lowest BCUT2D eigenvalue weighted by atomic mass is 10.1. The molecule has 0 N–H and O–H groups in total. The number of thiazole rings is 1. The van der Waals surface area contributed by atoms with Crippen molar-refractivity contribution >= 4 is 29.0 Å². The lowest BCUT2D eigenvalue weighted by molar-refractivity contribution is -0.128. The third kappa shape index (κ3) is 4.13. The van der Waals surface area contributed by atoms with Crippen molar-refractivity contribution < 1.29 is 9.21 Å². The van der Waals surface area contributed by atoms with Gasteiger partial charge in [0.15, 0.2) is 0 Å². The summed E-state index contributed by atoms with van der Waals surface area (Å²) in [4.78, 5) is 19.4. The molecule has 8 heteroatoms. The molecule has 0 saturated carbocycles. The minimum absolute atomic E-state index is 0.00497. The highest BCUT2D eigenvalue weighted by molar-refractivity contribution is 7.99. The Morgan fingerprint density at radius 3 is 2.65 bits per heavy atom. The van der Waals surface area contributed by atoms with Crippen LogP contribution in [-0.4, -0.2) is 38.8 Å². The average molecular weight is 389 g/mol. The van der Waals surface area contributed by atoms with Gasteiger partial charge >= 0.3 is 0 Å². The van der Waals surface area contributed by atoms with Gasteiger partial charge in [-0.1, -0.05) is 42.1 Å². The van der Waals surface area contributed by atoms with Gasteiger partial charge in [-0.05, 0) is 26.3 Å². The van der Waals surface area contributed by atoms with E-state index in [2.05, 4.69) is 15.2 Å². The Balaban J connectivity index is 1.60. The summed E-state index contributed by atoms with van der Waals surface area (Å²) in [7, 11) is 1.81. The number of rotatable bonds is 6. The van der Waals surface area contributed by atoms with E-state index in [0.29, 0.717) is 11.1 Å². The van der Waals surface area contributed by atoms with Crippen LogP contribution in [0.3, 0.4) is 0 Å². The SMILES string of the molecule is Cc1nc(C)c(-c2nnc(SCC(=O)N(C)C(C)c3ccccc3)o2)s1. The third-order valence-electron chi connectivity index (χ3n) is 4.08. The normalized spacial score (nSPS) is 12.2. The number of carbonyl (C=O) groups is 1. The Bertz CT molecular complexity index is 892. The molecule has 6 nitrogen and oxygen atoms in total. The zero-order chi connectivity index (χ0) is 18.7. The first-order valence-electron chi connectivity index (χ1n) is 8.17. The monoisotopic (exact) mass is 388 g/mol. The first-order valence-corrected chi connectivity index (χ1v) is 9.97. The van der Waals surface area contributed by atoms with Crippen molar-refractivity contribution in [3.05, 3.63) is 46.6 Å². The first kappa shape index (κ1) is 18.6. The van der Waals surface area contributed by atoms with Crippen molar-refractivity contribution in [1.29, 1.82) is 0 Å². The molecule has 1 aromatic carbocycles. The summed E-state index contributed by atoms with van der Waals surface area (Å²) in [6, 6.07) is 9.96. The lowest BCUT2D eigenvalue weighted by Gasteiger charge is -2.25. The molecule has 3 rings (SSSR count). The van der Waals surface area contributed by atoms with Crippen molar-refractivity contribution in [3.63, 3.8) is 0 Å². The molecule has 0 aliphatic carbocycles. The molecule has 3 aromatic rings. The van der Waals surface area contributed by atoms with Gasteiger partial charge in [-0.25, -0.2) is 4.98 Å². The van der Waals surface area contributed by atoms with Gasteiger partial charge in [0.2, 0.25) is 5.91 Å². The van der Waals surface area contributed by atoms with E-state index in [1.54, 1.807) is 4.90 Å². The Labute approximate surface area is 160 Å². The molecule has 0 aliphatic rings. The Morgan fingerprint density at radius 1 is 1.27 bits per heavy atom. The molecule has 1 atom stereocenters. The third-order valence-corrected chi connectivity index (χ3v) is 5.94. The van der Waals surface area contributed by atoms with Crippen molar-refractivity contribution in [2.75, 3.05) is 12.8 Å². The van der Waals surface area contributed by atoms with Crippen molar-refractivity contribution in [2.45, 2.75) is 32.0 Å². The number of thioether (sulfide) groups is 1. The maximum Gasteiger partial charge on any atom is 0.277 e. The second-order valence-electron chi connectivity index (χ2n) is 5.90. The van der Waals surface area contributed by atoms with Crippen LogP contribution in [0.15, 0.2) is 40.0 Å². The fraction of sp³-hybridized carbons (Fsp3) is 0.333. The van der Waals surface area contributed by atoms with Gasteiger partial charge in [-0.2, -0.15) is 0 Å². The maximum absolute atomic E-state index is 12.5. The summed E-state index contributed by atoms with van der Waals surface area (Å²) in [5.74, 6) is 0.709. The predicted octanol–water partition coefficient (Wildman–Crippen LogP) is 4.12. The van der Waals surface area contributed by atoms with E-state index in [1.807, 2.05) is 58.2 Å². The summed E-state index contributed by atoms with van der Waals surface area (Å²) >= 11 is 2.77. The number of nitrogens with zero attached hydrogens (tertiary/aromatic N) is 4. The summed E-state index contributed by atoms with van der Waals surface area (Å²) in [6.07, 6.45) is 0. The smallest absolute Gasteiger partial charge is 0.277 e. The van der Waals surface area contributed by atoms with E-state index in [1.165, 1.54) is 23.1 Å². The van der Waals surface area contributed by atoms with Gasteiger partial charge in [-0.3, -0.25) is 4.79 Å². The van der Waals surface area contributed by atoms with E-state index in [4.69, 9.17) is 4.42 Å². The molecule has 0 radical (unpaired) electrons. The zero-order valence-corrected chi connectivity index (χ0v) is 16.7. The van der Waals surface area contributed by atoms with Crippen LogP contribution in [0, 0.1) is 13.8 Å². The number of hydrogen-bond acceptors (Lipinski definition) is 7. The zero-order valence-electron chi connectivity index (χ0n) is 15.1. The van der Waals surface area contributed by atoms with Crippen LogP contribution < -0.4 is 0 Å². The van der Waals surface area contributed by atoms with E-state index >= 15 is 0 Å². The summed E-state index contributed by atoms with van der Waals surface area (Å²) in [5.41, 5.74) is 1.98. The van der Waals surface area contributed by atoms with Crippen LogP contribution in [0.2, 0.25) is 0 Å². The summed E-state index contributed by atoms with van der Waals surface area (Å²) < 4.78 is 5.68. The van der Waals surface area contributed by atoms with Gasteiger partial charge in [0.05, 0.1) is 22.5 Å². The number of benzene rings is 1. The number of amides is 1. The second-order valence-corrected chi connectivity index (χ2v) is 8.03. The Kier molecular flexibility index (Phi) is 5.73.